The summed E-state index contributed by atoms with van der Waals surface area (Å²) in [5.74, 6) is -3.50. The van der Waals surface area contributed by atoms with E-state index in [-0.39, 0.29) is 31.3 Å². The first-order valence-electron chi connectivity index (χ1n) is 10.4. The molecule has 14 nitrogen and oxygen atoms in total. The molecule has 0 aliphatic rings. The summed E-state index contributed by atoms with van der Waals surface area (Å²) in [5.41, 5.74) is 17.1. The van der Waals surface area contributed by atoms with Gasteiger partial charge in [-0.15, -0.1) is 0 Å². The number of amides is 3. The molecule has 1 aromatic heterocycles. The Morgan fingerprint density at radius 3 is 2.42 bits per heavy atom. The second-order valence-corrected chi connectivity index (χ2v) is 7.74. The normalized spacial score (nSPS) is 13.5. The molecule has 0 saturated carbocycles. The van der Waals surface area contributed by atoms with Crippen molar-refractivity contribution in [2.75, 3.05) is 13.1 Å². The molecule has 0 aromatic carbocycles. The Morgan fingerprint density at radius 2 is 1.88 bits per heavy atom. The number of hydrogen-bond donors (Lipinski definition) is 8. The number of aliphatic carboxylic acids is 1. The molecule has 1 aromatic rings. The molecule has 184 valence electrons. The van der Waals surface area contributed by atoms with E-state index in [2.05, 4.69) is 30.9 Å². The molecule has 0 saturated heterocycles. The van der Waals surface area contributed by atoms with Crippen molar-refractivity contribution in [1.29, 1.82) is 0 Å². The van der Waals surface area contributed by atoms with Gasteiger partial charge in [0.1, 0.15) is 12.1 Å². The monoisotopic (exact) mass is 467 g/mol. The maximum Gasteiger partial charge on any atom is 0.326 e. The first kappa shape index (κ1) is 27.4. The summed E-state index contributed by atoms with van der Waals surface area (Å²) in [7, 11) is 0. The van der Waals surface area contributed by atoms with E-state index in [9.17, 15) is 19.2 Å². The number of aromatic amines is 1. The van der Waals surface area contributed by atoms with Crippen molar-refractivity contribution in [2.45, 2.75) is 51.2 Å². The number of carbonyl (C=O) groups is 4. The van der Waals surface area contributed by atoms with Gasteiger partial charge in [0.15, 0.2) is 5.96 Å². The van der Waals surface area contributed by atoms with Crippen LogP contribution in [-0.2, 0) is 25.6 Å². The molecule has 1 rings (SSSR count). The number of carbonyl (C=O) groups excluding carboxylic acids is 3. The summed E-state index contributed by atoms with van der Waals surface area (Å²) in [4.78, 5) is 59.0. The zero-order valence-corrected chi connectivity index (χ0v) is 18.7. The predicted molar refractivity (Wildman–Crippen MR) is 120 cm³/mol. The number of hydrogen-bond acceptors (Lipinski definition) is 7. The van der Waals surface area contributed by atoms with Crippen LogP contribution in [0.1, 0.15) is 32.4 Å². The van der Waals surface area contributed by atoms with E-state index in [1.54, 1.807) is 13.8 Å². The summed E-state index contributed by atoms with van der Waals surface area (Å²) in [6, 6.07) is -3.04. The molecular formula is C19H33N9O5. The molecule has 1 heterocycles. The van der Waals surface area contributed by atoms with Crippen molar-refractivity contribution in [2.24, 2.45) is 28.1 Å². The minimum Gasteiger partial charge on any atom is -0.480 e. The van der Waals surface area contributed by atoms with Crippen molar-refractivity contribution in [3.05, 3.63) is 18.2 Å². The van der Waals surface area contributed by atoms with Crippen LogP contribution in [0.3, 0.4) is 0 Å². The topological polar surface area (TPSA) is 244 Å². The lowest BCUT2D eigenvalue weighted by Crippen LogP contribution is -2.54. The van der Waals surface area contributed by atoms with Crippen molar-refractivity contribution in [3.8, 4) is 0 Å². The van der Waals surface area contributed by atoms with Gasteiger partial charge >= 0.3 is 5.97 Å². The summed E-state index contributed by atoms with van der Waals surface area (Å²) in [6.45, 7) is 3.06. The lowest BCUT2D eigenvalue weighted by molar-refractivity contribution is -0.143. The molecule has 11 N–H and O–H groups in total. The molecule has 0 spiro atoms. The number of nitrogens with two attached hydrogens (primary N) is 3. The molecule has 0 aliphatic heterocycles. The van der Waals surface area contributed by atoms with Crippen LogP contribution >= 0.6 is 0 Å². The van der Waals surface area contributed by atoms with Crippen LogP contribution in [0.5, 0.6) is 0 Å². The minimum absolute atomic E-state index is 0.101. The van der Waals surface area contributed by atoms with E-state index in [4.69, 9.17) is 22.3 Å². The van der Waals surface area contributed by atoms with Crippen molar-refractivity contribution >= 4 is 29.7 Å². The van der Waals surface area contributed by atoms with Crippen molar-refractivity contribution in [1.82, 2.24) is 25.9 Å². The van der Waals surface area contributed by atoms with Gasteiger partial charge in [0.25, 0.3) is 0 Å². The molecule has 0 bridgehead atoms. The van der Waals surface area contributed by atoms with Gasteiger partial charge in [-0.05, 0) is 18.8 Å². The van der Waals surface area contributed by atoms with Gasteiger partial charge in [0, 0.05) is 24.9 Å². The number of guanidine groups is 1. The number of nitrogens with one attached hydrogen (secondary N) is 4. The van der Waals surface area contributed by atoms with E-state index in [1.807, 2.05) is 0 Å². The number of carboxylic acids is 1. The SMILES string of the molecule is CC(C)C(NC(=O)CNC(=O)C(CCCN=C(N)N)NC(=O)C(N)Cc1cnc[nH]1)C(=O)O. The van der Waals surface area contributed by atoms with Crippen LogP contribution in [0.2, 0.25) is 0 Å². The predicted octanol–water partition coefficient (Wildman–Crippen LogP) is -2.84. The fourth-order valence-corrected chi connectivity index (χ4v) is 2.81. The average molecular weight is 468 g/mol. The van der Waals surface area contributed by atoms with Gasteiger partial charge in [0.05, 0.1) is 18.9 Å². The smallest absolute Gasteiger partial charge is 0.326 e. The molecule has 3 amide bonds. The summed E-state index contributed by atoms with van der Waals surface area (Å²) < 4.78 is 0. The lowest BCUT2D eigenvalue weighted by atomic mass is 10.0. The number of aliphatic imine (C=N–C) groups is 1. The molecule has 0 aliphatic carbocycles. The van der Waals surface area contributed by atoms with E-state index in [1.165, 1.54) is 12.5 Å². The highest BCUT2D eigenvalue weighted by atomic mass is 16.4. The quantitative estimate of drug-likeness (QED) is 0.0796. The highest BCUT2D eigenvalue weighted by molar-refractivity contribution is 5.92. The van der Waals surface area contributed by atoms with Crippen LogP contribution in [0, 0.1) is 5.92 Å². The molecule has 33 heavy (non-hydrogen) atoms. The second-order valence-electron chi connectivity index (χ2n) is 7.74. The Morgan fingerprint density at radius 1 is 1.18 bits per heavy atom. The highest BCUT2D eigenvalue weighted by Crippen LogP contribution is 2.03. The van der Waals surface area contributed by atoms with E-state index in [0.717, 1.165) is 0 Å². The average Bonchev–Trinajstić information content (AvgIpc) is 3.24. The zero-order valence-electron chi connectivity index (χ0n) is 18.7. The van der Waals surface area contributed by atoms with Crippen LogP contribution in [0.4, 0.5) is 0 Å². The number of nitrogens with zero attached hydrogens (tertiary/aromatic N) is 2. The fourth-order valence-electron chi connectivity index (χ4n) is 2.81. The van der Waals surface area contributed by atoms with Gasteiger partial charge < -0.3 is 43.2 Å². The maximum atomic E-state index is 12.6. The molecule has 0 fully saturated rings. The van der Waals surface area contributed by atoms with E-state index < -0.39 is 48.4 Å². The van der Waals surface area contributed by atoms with Crippen molar-refractivity contribution in [3.63, 3.8) is 0 Å². The number of imidazole rings is 1. The van der Waals surface area contributed by atoms with Crippen molar-refractivity contribution < 1.29 is 24.3 Å². The Labute approximate surface area is 191 Å². The van der Waals surface area contributed by atoms with Gasteiger partial charge in [-0.2, -0.15) is 0 Å². The first-order chi connectivity index (χ1) is 15.5. The molecule has 3 atom stereocenters. The largest absolute Gasteiger partial charge is 0.480 e. The van der Waals surface area contributed by atoms with Gasteiger partial charge in [-0.1, -0.05) is 13.8 Å². The molecule has 3 unspecified atom stereocenters. The Hall–Kier alpha value is -3.68. The van der Waals surface area contributed by atoms with Crippen LogP contribution in [0.15, 0.2) is 17.5 Å². The first-order valence-corrected chi connectivity index (χ1v) is 10.4. The standard InChI is InChI=1S/C19H33N9O5/c1-10(2)15(18(32)33)28-14(29)8-25-17(31)13(4-3-5-24-19(21)22)27-16(30)12(20)6-11-7-23-9-26-11/h7,9-10,12-13,15H,3-6,8,20H2,1-2H3,(H,23,26)(H,25,31)(H,27,30)(H,28,29)(H,32,33)(H4,21,22,24). The molecule has 0 radical (unpaired) electrons. The van der Waals surface area contributed by atoms with Crippen LogP contribution in [0.25, 0.3) is 0 Å². The van der Waals surface area contributed by atoms with E-state index in [0.29, 0.717) is 12.1 Å². The molecular weight excluding hydrogens is 434 g/mol. The summed E-state index contributed by atoms with van der Waals surface area (Å²) >= 11 is 0. The Bertz CT molecular complexity index is 822. The minimum atomic E-state index is -1.18. The number of carboxylic acid groups (broad SMARTS) is 1. The zero-order chi connectivity index (χ0) is 25.0. The van der Waals surface area contributed by atoms with Crippen LogP contribution < -0.4 is 33.2 Å². The Kier molecular flexibility index (Phi) is 11.3. The Balaban J connectivity index is 2.71. The third-order valence-electron chi connectivity index (χ3n) is 4.58. The molecule has 14 heteroatoms. The van der Waals surface area contributed by atoms with E-state index >= 15 is 0 Å². The summed E-state index contributed by atoms with van der Waals surface area (Å²) in [5, 5.41) is 16.5. The second kappa shape index (κ2) is 13.7. The third kappa shape index (κ3) is 10.5. The lowest BCUT2D eigenvalue weighted by Gasteiger charge is -2.21. The van der Waals surface area contributed by atoms with Gasteiger partial charge in [-0.25, -0.2) is 9.78 Å². The number of aromatic nitrogens is 2. The summed E-state index contributed by atoms with van der Waals surface area (Å²) in [6.07, 6.45) is 3.72. The highest BCUT2D eigenvalue weighted by Gasteiger charge is 2.26. The fraction of sp³-hybridized carbons (Fsp3) is 0.579. The van der Waals surface area contributed by atoms with Crippen LogP contribution in [-0.4, -0.2) is 75.9 Å². The van der Waals surface area contributed by atoms with Gasteiger partial charge in [-0.3, -0.25) is 19.4 Å². The van der Waals surface area contributed by atoms with Gasteiger partial charge in [0.2, 0.25) is 17.7 Å². The number of H-pyrrole nitrogens is 1. The number of rotatable bonds is 14. The third-order valence-corrected chi connectivity index (χ3v) is 4.58. The maximum absolute atomic E-state index is 12.6.